The fourth-order valence-electron chi connectivity index (χ4n) is 0.690. The Morgan fingerprint density at radius 1 is 1.60 bits per heavy atom. The zero-order chi connectivity index (χ0) is 6.53. The molecule has 0 saturated heterocycles. The van der Waals surface area contributed by atoms with Gasteiger partial charge in [0, 0.05) is 32.7 Å². The molecule has 0 aliphatic heterocycles. The largest absolute Gasteiger partial charge is 0.343 e. The van der Waals surface area contributed by atoms with Gasteiger partial charge in [-0.15, -0.1) is 0 Å². The third kappa shape index (κ3) is 3.43. The van der Waals surface area contributed by atoms with E-state index in [1.807, 2.05) is 6.07 Å². The van der Waals surface area contributed by atoms with E-state index in [-0.39, 0.29) is 32.7 Å². The summed E-state index contributed by atoms with van der Waals surface area (Å²) >= 11 is 0. The Labute approximate surface area is 87.1 Å². The number of hydrogen-bond donors (Lipinski definition) is 0. The SMILES string of the molecule is [CH2-]CCc1[c-]cncc1.[Y]. The van der Waals surface area contributed by atoms with E-state index < -0.39 is 0 Å². The minimum atomic E-state index is 0. The molecule has 0 amide bonds. The monoisotopic (exact) mass is 208 g/mol. The van der Waals surface area contributed by atoms with Crippen LogP contribution in [0.1, 0.15) is 12.0 Å². The van der Waals surface area contributed by atoms with Crippen LogP contribution in [0.4, 0.5) is 0 Å². The van der Waals surface area contributed by atoms with Crippen molar-refractivity contribution >= 4 is 0 Å². The fraction of sp³-hybridized carbons (Fsp3) is 0.250. The summed E-state index contributed by atoms with van der Waals surface area (Å²) in [6, 6.07) is 4.98. The van der Waals surface area contributed by atoms with Gasteiger partial charge in [-0.3, -0.25) is 0 Å². The van der Waals surface area contributed by atoms with Gasteiger partial charge >= 0.3 is 0 Å². The molecule has 1 aromatic heterocycles. The molecule has 1 heterocycles. The van der Waals surface area contributed by atoms with Gasteiger partial charge in [0.05, 0.1) is 0 Å². The molecular formula is C8H9NY-2. The van der Waals surface area contributed by atoms with Crippen LogP contribution in [0.3, 0.4) is 0 Å². The van der Waals surface area contributed by atoms with Gasteiger partial charge in [-0.1, -0.05) is 18.8 Å². The Kier molecular flexibility index (Phi) is 6.15. The van der Waals surface area contributed by atoms with Gasteiger partial charge in [-0.2, -0.15) is 12.5 Å². The molecule has 1 radical (unpaired) electrons. The molecule has 2 heteroatoms. The Bertz CT molecular complexity index is 162. The number of aryl methyl sites for hydroxylation is 1. The molecule has 0 bridgehead atoms. The van der Waals surface area contributed by atoms with Crippen molar-refractivity contribution in [1.29, 1.82) is 0 Å². The van der Waals surface area contributed by atoms with Gasteiger partial charge in [-0.25, -0.2) is 11.6 Å². The molecule has 0 aliphatic rings. The number of hydrogen-bond acceptors (Lipinski definition) is 1. The standard InChI is InChI=1S/C8H9N.Y/c1-2-3-8-4-6-9-7-5-8;/h4,6-7H,1-3H2;/q-2;. The molecule has 51 valence electrons. The molecular weight excluding hydrogens is 199 g/mol. The zero-order valence-corrected chi connectivity index (χ0v) is 8.72. The second-order valence-electron chi connectivity index (χ2n) is 1.87. The van der Waals surface area contributed by atoms with Crippen LogP contribution in [0.2, 0.25) is 0 Å². The Morgan fingerprint density at radius 2 is 2.40 bits per heavy atom. The van der Waals surface area contributed by atoms with Crippen molar-refractivity contribution in [3.8, 4) is 0 Å². The van der Waals surface area contributed by atoms with E-state index in [2.05, 4.69) is 18.0 Å². The molecule has 0 saturated carbocycles. The van der Waals surface area contributed by atoms with Crippen LogP contribution in [0, 0.1) is 13.0 Å². The second-order valence-corrected chi connectivity index (χ2v) is 1.87. The second kappa shape index (κ2) is 6.00. The van der Waals surface area contributed by atoms with Crippen molar-refractivity contribution in [2.75, 3.05) is 0 Å². The average Bonchev–Trinajstić information content (AvgIpc) is 1.91. The summed E-state index contributed by atoms with van der Waals surface area (Å²) in [5.74, 6) is 0. The van der Waals surface area contributed by atoms with Gasteiger partial charge in [-0.05, 0) is 0 Å². The molecule has 0 spiro atoms. The first-order chi connectivity index (χ1) is 4.43. The molecule has 0 aliphatic carbocycles. The van der Waals surface area contributed by atoms with Crippen molar-refractivity contribution in [3.05, 3.63) is 37.0 Å². The van der Waals surface area contributed by atoms with Gasteiger partial charge in [0.1, 0.15) is 0 Å². The topological polar surface area (TPSA) is 12.9 Å². The number of pyridine rings is 1. The molecule has 0 N–H and O–H groups in total. The van der Waals surface area contributed by atoms with Crippen molar-refractivity contribution < 1.29 is 32.7 Å². The number of nitrogens with zero attached hydrogens (tertiary/aromatic N) is 1. The Balaban J connectivity index is 0.000000810. The fourth-order valence-corrected chi connectivity index (χ4v) is 0.690. The Morgan fingerprint density at radius 3 is 2.90 bits per heavy atom. The molecule has 10 heavy (non-hydrogen) atoms. The van der Waals surface area contributed by atoms with Crippen molar-refractivity contribution in [1.82, 2.24) is 4.98 Å². The van der Waals surface area contributed by atoms with E-state index in [0.29, 0.717) is 0 Å². The minimum absolute atomic E-state index is 0. The summed E-state index contributed by atoms with van der Waals surface area (Å²) in [4.78, 5) is 3.85. The minimum Gasteiger partial charge on any atom is -0.343 e. The van der Waals surface area contributed by atoms with Crippen LogP contribution >= 0.6 is 0 Å². The number of aromatic nitrogens is 1. The van der Waals surface area contributed by atoms with Crippen LogP contribution in [-0.2, 0) is 39.1 Å². The summed E-state index contributed by atoms with van der Waals surface area (Å²) < 4.78 is 0. The molecule has 1 aromatic rings. The van der Waals surface area contributed by atoms with Crippen LogP contribution < -0.4 is 0 Å². The van der Waals surface area contributed by atoms with E-state index in [1.54, 1.807) is 12.4 Å². The van der Waals surface area contributed by atoms with Crippen LogP contribution in [-0.4, -0.2) is 4.98 Å². The summed E-state index contributed by atoms with van der Waals surface area (Å²) in [6.07, 6.45) is 5.40. The van der Waals surface area contributed by atoms with Crippen molar-refractivity contribution in [2.45, 2.75) is 12.8 Å². The first-order valence-electron chi connectivity index (χ1n) is 3.03. The van der Waals surface area contributed by atoms with E-state index >= 15 is 0 Å². The summed E-state index contributed by atoms with van der Waals surface area (Å²) in [7, 11) is 0. The predicted molar refractivity (Wildman–Crippen MR) is 36.8 cm³/mol. The molecule has 0 unspecified atom stereocenters. The smallest absolute Gasteiger partial charge is 0 e. The van der Waals surface area contributed by atoms with Gasteiger partial charge < -0.3 is 11.9 Å². The van der Waals surface area contributed by atoms with E-state index in [0.717, 1.165) is 12.8 Å². The first kappa shape index (κ1) is 10.3. The third-order valence-electron chi connectivity index (χ3n) is 1.13. The van der Waals surface area contributed by atoms with Gasteiger partial charge in [0.25, 0.3) is 0 Å². The summed E-state index contributed by atoms with van der Waals surface area (Å²) in [6.45, 7) is 3.74. The van der Waals surface area contributed by atoms with E-state index in [4.69, 9.17) is 0 Å². The van der Waals surface area contributed by atoms with E-state index in [1.165, 1.54) is 5.56 Å². The summed E-state index contributed by atoms with van der Waals surface area (Å²) in [5, 5.41) is 0. The van der Waals surface area contributed by atoms with Crippen LogP contribution in [0.5, 0.6) is 0 Å². The van der Waals surface area contributed by atoms with Crippen molar-refractivity contribution in [3.63, 3.8) is 0 Å². The van der Waals surface area contributed by atoms with Crippen LogP contribution in [0.15, 0.2) is 18.5 Å². The molecule has 0 aromatic carbocycles. The number of rotatable bonds is 2. The quantitative estimate of drug-likeness (QED) is 0.673. The van der Waals surface area contributed by atoms with Gasteiger partial charge in [0.15, 0.2) is 0 Å². The molecule has 1 rings (SSSR count). The van der Waals surface area contributed by atoms with E-state index in [9.17, 15) is 0 Å². The maximum absolute atomic E-state index is 3.85. The normalized spacial score (nSPS) is 8.50. The Hall–Kier alpha value is 0.254. The summed E-state index contributed by atoms with van der Waals surface area (Å²) in [5.41, 5.74) is 1.19. The molecule has 1 nitrogen and oxygen atoms in total. The predicted octanol–water partition coefficient (Wildman–Crippen LogP) is 1.65. The zero-order valence-electron chi connectivity index (χ0n) is 5.88. The maximum Gasteiger partial charge on any atom is 0 e. The molecule has 0 atom stereocenters. The maximum atomic E-state index is 3.85. The van der Waals surface area contributed by atoms with Crippen LogP contribution in [0.25, 0.3) is 0 Å². The average molecular weight is 208 g/mol. The van der Waals surface area contributed by atoms with Gasteiger partial charge in [0.2, 0.25) is 0 Å². The first-order valence-corrected chi connectivity index (χ1v) is 3.03. The van der Waals surface area contributed by atoms with Crippen molar-refractivity contribution in [2.24, 2.45) is 0 Å². The molecule has 0 fully saturated rings. The third-order valence-corrected chi connectivity index (χ3v) is 1.13.